The Morgan fingerprint density at radius 2 is 1.65 bits per heavy atom. The van der Waals surface area contributed by atoms with Crippen LogP contribution in [0.25, 0.3) is 0 Å². The van der Waals surface area contributed by atoms with Gasteiger partial charge in [0, 0.05) is 31.6 Å². The van der Waals surface area contributed by atoms with Gasteiger partial charge in [-0.1, -0.05) is 44.2 Å². The van der Waals surface area contributed by atoms with E-state index in [2.05, 4.69) is 5.32 Å². The molecule has 1 spiro atoms. The summed E-state index contributed by atoms with van der Waals surface area (Å²) in [5.74, 6) is 0.178. The lowest BCUT2D eigenvalue weighted by Gasteiger charge is -2.53. The Hall–Kier alpha value is -2.77. The summed E-state index contributed by atoms with van der Waals surface area (Å²) in [6, 6.07) is 8.84. The summed E-state index contributed by atoms with van der Waals surface area (Å²) >= 11 is 0. The molecular weight excluding hydrogens is 434 g/mol. The van der Waals surface area contributed by atoms with E-state index in [9.17, 15) is 14.4 Å². The summed E-state index contributed by atoms with van der Waals surface area (Å²) in [6.45, 7) is 12.4. The third kappa shape index (κ3) is 7.11. The minimum Gasteiger partial charge on any atom is -0.445 e. The predicted molar refractivity (Wildman–Crippen MR) is 129 cm³/mol. The smallest absolute Gasteiger partial charge is 0.410 e. The van der Waals surface area contributed by atoms with Gasteiger partial charge in [-0.3, -0.25) is 4.79 Å². The van der Waals surface area contributed by atoms with Crippen LogP contribution in [0.3, 0.4) is 0 Å². The number of ether oxygens (including phenoxy) is 2. The number of nitrogens with zero attached hydrogens (tertiary/aromatic N) is 2. The highest BCUT2D eigenvalue weighted by atomic mass is 16.6. The van der Waals surface area contributed by atoms with Gasteiger partial charge in [0.2, 0.25) is 5.91 Å². The van der Waals surface area contributed by atoms with Crippen LogP contribution in [0.2, 0.25) is 0 Å². The molecule has 1 unspecified atom stereocenters. The first kappa shape index (κ1) is 25.8. The van der Waals surface area contributed by atoms with Crippen LogP contribution in [-0.2, 0) is 20.9 Å². The van der Waals surface area contributed by atoms with Crippen molar-refractivity contribution in [2.75, 3.05) is 26.2 Å². The number of hydrogen-bond acceptors (Lipinski definition) is 5. The molecule has 1 aromatic rings. The number of likely N-dealkylation sites (tertiary alicyclic amines) is 2. The van der Waals surface area contributed by atoms with E-state index in [-0.39, 0.29) is 29.9 Å². The highest BCUT2D eigenvalue weighted by Crippen LogP contribution is 2.41. The standard InChI is InChI=1S/C26H39N3O5/c1-19(2)15-21(27-23(31)33-16-20-9-7-6-8-10-20)22(30)28-13-11-26(12-14-28)17-29(18-26)24(32)34-25(3,4)5/h6-10,19,21H,11-18H2,1-5H3,(H,27,31). The molecule has 3 amide bonds. The second kappa shape index (κ2) is 10.7. The van der Waals surface area contributed by atoms with E-state index in [0.29, 0.717) is 32.6 Å². The number of piperidine rings is 1. The molecule has 0 aromatic heterocycles. The maximum absolute atomic E-state index is 13.3. The van der Waals surface area contributed by atoms with Gasteiger partial charge in [0.1, 0.15) is 18.2 Å². The highest BCUT2D eigenvalue weighted by molar-refractivity contribution is 5.85. The van der Waals surface area contributed by atoms with E-state index in [4.69, 9.17) is 9.47 Å². The maximum atomic E-state index is 13.3. The summed E-state index contributed by atoms with van der Waals surface area (Å²) in [7, 11) is 0. The number of hydrogen-bond donors (Lipinski definition) is 1. The molecule has 2 heterocycles. The zero-order chi connectivity index (χ0) is 24.9. The fraction of sp³-hybridized carbons (Fsp3) is 0.654. The minimum atomic E-state index is -0.614. The van der Waals surface area contributed by atoms with Gasteiger partial charge >= 0.3 is 12.2 Å². The molecule has 0 bridgehead atoms. The van der Waals surface area contributed by atoms with Crippen LogP contribution in [0.1, 0.15) is 59.4 Å². The van der Waals surface area contributed by atoms with Gasteiger partial charge in [0.05, 0.1) is 0 Å². The van der Waals surface area contributed by atoms with Gasteiger partial charge in [-0.25, -0.2) is 9.59 Å². The van der Waals surface area contributed by atoms with Crippen LogP contribution in [0.4, 0.5) is 9.59 Å². The van der Waals surface area contributed by atoms with Crippen molar-refractivity contribution in [3.05, 3.63) is 35.9 Å². The van der Waals surface area contributed by atoms with Crippen molar-refractivity contribution in [3.8, 4) is 0 Å². The average Bonchev–Trinajstić information content (AvgIpc) is 2.74. The molecule has 1 N–H and O–H groups in total. The lowest BCUT2D eigenvalue weighted by molar-refractivity contribution is -0.138. The monoisotopic (exact) mass is 473 g/mol. The van der Waals surface area contributed by atoms with Crippen molar-refractivity contribution in [2.24, 2.45) is 11.3 Å². The summed E-state index contributed by atoms with van der Waals surface area (Å²) < 4.78 is 10.8. The average molecular weight is 474 g/mol. The zero-order valence-electron chi connectivity index (χ0n) is 21.1. The summed E-state index contributed by atoms with van der Waals surface area (Å²) in [5, 5.41) is 2.79. The van der Waals surface area contributed by atoms with Gasteiger partial charge in [-0.05, 0) is 51.5 Å². The van der Waals surface area contributed by atoms with E-state index >= 15 is 0 Å². The molecule has 2 saturated heterocycles. The second-order valence-electron chi connectivity index (χ2n) is 11.0. The van der Waals surface area contributed by atoms with Crippen molar-refractivity contribution < 1.29 is 23.9 Å². The van der Waals surface area contributed by atoms with Crippen molar-refractivity contribution in [3.63, 3.8) is 0 Å². The normalized spacial score (nSPS) is 18.3. The lowest BCUT2D eigenvalue weighted by atomic mass is 9.72. The van der Waals surface area contributed by atoms with Gasteiger partial charge in [0.15, 0.2) is 0 Å². The molecule has 8 nitrogen and oxygen atoms in total. The topological polar surface area (TPSA) is 88.2 Å². The predicted octanol–water partition coefficient (Wildman–Crippen LogP) is 4.19. The Kier molecular flexibility index (Phi) is 8.10. The third-order valence-electron chi connectivity index (χ3n) is 6.35. The summed E-state index contributed by atoms with van der Waals surface area (Å²) in [4.78, 5) is 41.5. The molecule has 0 aliphatic carbocycles. The molecule has 0 saturated carbocycles. The van der Waals surface area contributed by atoms with E-state index in [1.807, 2.05) is 69.9 Å². The van der Waals surface area contributed by atoms with Crippen molar-refractivity contribution >= 4 is 18.1 Å². The fourth-order valence-electron chi connectivity index (χ4n) is 4.56. The van der Waals surface area contributed by atoms with E-state index < -0.39 is 17.7 Å². The maximum Gasteiger partial charge on any atom is 0.410 e. The molecule has 8 heteroatoms. The van der Waals surface area contributed by atoms with Crippen molar-refractivity contribution in [2.45, 2.75) is 72.1 Å². The summed E-state index contributed by atoms with van der Waals surface area (Å²) in [5.41, 5.74) is 0.450. The number of carbonyl (C=O) groups is 3. The van der Waals surface area contributed by atoms with Crippen LogP contribution in [0.5, 0.6) is 0 Å². The molecule has 188 valence electrons. The first-order valence-corrected chi connectivity index (χ1v) is 12.2. The first-order chi connectivity index (χ1) is 16.0. The molecule has 2 aliphatic heterocycles. The third-order valence-corrected chi connectivity index (χ3v) is 6.35. The Morgan fingerprint density at radius 1 is 1.03 bits per heavy atom. The molecule has 2 fully saturated rings. The van der Waals surface area contributed by atoms with Gasteiger partial charge in [-0.15, -0.1) is 0 Å². The molecule has 0 radical (unpaired) electrons. The van der Waals surface area contributed by atoms with E-state index in [1.54, 1.807) is 4.90 Å². The van der Waals surface area contributed by atoms with E-state index in [1.165, 1.54) is 0 Å². The minimum absolute atomic E-state index is 0.0588. The molecule has 2 aliphatic rings. The fourth-order valence-corrected chi connectivity index (χ4v) is 4.56. The second-order valence-corrected chi connectivity index (χ2v) is 11.0. The number of rotatable bonds is 6. The quantitative estimate of drug-likeness (QED) is 0.669. The SMILES string of the molecule is CC(C)CC(NC(=O)OCc1ccccc1)C(=O)N1CCC2(CC1)CN(C(=O)OC(C)(C)C)C2. The van der Waals surface area contributed by atoms with Crippen molar-refractivity contribution in [1.29, 1.82) is 0 Å². The van der Waals surface area contributed by atoms with Crippen LogP contribution in [0.15, 0.2) is 30.3 Å². The number of carbonyl (C=O) groups excluding carboxylic acids is 3. The number of nitrogens with one attached hydrogen (secondary N) is 1. The Morgan fingerprint density at radius 3 is 2.21 bits per heavy atom. The highest BCUT2D eigenvalue weighted by Gasteiger charge is 2.48. The molecule has 1 aromatic carbocycles. The molecule has 34 heavy (non-hydrogen) atoms. The zero-order valence-corrected chi connectivity index (χ0v) is 21.1. The largest absolute Gasteiger partial charge is 0.445 e. The van der Waals surface area contributed by atoms with Crippen LogP contribution >= 0.6 is 0 Å². The number of alkyl carbamates (subject to hydrolysis) is 1. The molecular formula is C26H39N3O5. The van der Waals surface area contributed by atoms with Crippen molar-refractivity contribution in [1.82, 2.24) is 15.1 Å². The first-order valence-electron chi connectivity index (χ1n) is 12.2. The molecule has 3 rings (SSSR count). The number of benzene rings is 1. The van der Waals surface area contributed by atoms with Crippen LogP contribution in [-0.4, -0.2) is 65.7 Å². The lowest BCUT2D eigenvalue weighted by Crippen LogP contribution is -2.63. The Bertz CT molecular complexity index is 849. The van der Waals surface area contributed by atoms with Gasteiger partial charge < -0.3 is 24.6 Å². The van der Waals surface area contributed by atoms with Crippen LogP contribution < -0.4 is 5.32 Å². The number of amides is 3. The Balaban J connectivity index is 1.49. The van der Waals surface area contributed by atoms with Crippen LogP contribution in [0, 0.1) is 11.3 Å². The Labute approximate surface area is 202 Å². The summed E-state index contributed by atoms with van der Waals surface area (Å²) in [6.07, 6.45) is 1.37. The van der Waals surface area contributed by atoms with E-state index in [0.717, 1.165) is 18.4 Å². The van der Waals surface area contributed by atoms with Gasteiger partial charge in [-0.2, -0.15) is 0 Å². The van der Waals surface area contributed by atoms with Gasteiger partial charge in [0.25, 0.3) is 0 Å². The molecule has 1 atom stereocenters.